The van der Waals surface area contributed by atoms with Crippen molar-refractivity contribution in [3.8, 4) is 0 Å². The van der Waals surface area contributed by atoms with Gasteiger partial charge in [0.2, 0.25) is 0 Å². The maximum absolute atomic E-state index is 4.05. The molecule has 0 aliphatic carbocycles. The minimum absolute atomic E-state index is 0.493. The Kier molecular flexibility index (Phi) is 7.09. The number of nitrogens with zero attached hydrogens (tertiary/aromatic N) is 2. The van der Waals surface area contributed by atoms with E-state index in [0.29, 0.717) is 17.8 Å². The van der Waals surface area contributed by atoms with Crippen molar-refractivity contribution in [3.63, 3.8) is 0 Å². The third-order valence-corrected chi connectivity index (χ3v) is 6.79. The number of hydrogen-bond acceptors (Lipinski definition) is 2. The molecule has 0 aromatic heterocycles. The fraction of sp³-hybridized carbons (Fsp3) is 0.500. The Labute approximate surface area is 189 Å². The summed E-state index contributed by atoms with van der Waals surface area (Å²) in [6, 6.07) is 13.6. The summed E-state index contributed by atoms with van der Waals surface area (Å²) >= 11 is 4.05. The summed E-state index contributed by atoms with van der Waals surface area (Å²) in [5.74, 6) is 1.48. The Hall–Kier alpha value is -1.35. The molecule has 2 aromatic carbocycles. The van der Waals surface area contributed by atoms with Gasteiger partial charge in [-0.25, -0.2) is 0 Å². The molecule has 0 bridgehead atoms. The predicted octanol–water partition coefficient (Wildman–Crippen LogP) is 6.58. The normalized spacial score (nSPS) is 14.8. The molecule has 0 N–H and O–H groups in total. The topological polar surface area (TPSA) is 6.48 Å². The van der Waals surface area contributed by atoms with Crippen molar-refractivity contribution in [2.45, 2.75) is 72.6 Å². The van der Waals surface area contributed by atoms with E-state index in [1.165, 1.54) is 37.6 Å². The third kappa shape index (κ3) is 4.26. The van der Waals surface area contributed by atoms with Crippen molar-refractivity contribution < 1.29 is 20.6 Å². The van der Waals surface area contributed by atoms with Gasteiger partial charge in [0.15, 0.2) is 0 Å². The molecule has 1 aliphatic heterocycles. The first-order valence-electron chi connectivity index (χ1n) is 11.1. The van der Waals surface area contributed by atoms with Crippen LogP contribution in [-0.4, -0.2) is 17.1 Å². The zero-order valence-electron chi connectivity index (χ0n) is 19.0. The van der Waals surface area contributed by atoms with Gasteiger partial charge in [-0.2, -0.15) is 0 Å². The molecule has 161 valence electrons. The van der Waals surface area contributed by atoms with E-state index in [1.54, 1.807) is 0 Å². The van der Waals surface area contributed by atoms with Gasteiger partial charge in [0.25, 0.3) is 0 Å². The molecule has 3 rings (SSSR count). The summed E-state index contributed by atoms with van der Waals surface area (Å²) in [7, 11) is 0. The van der Waals surface area contributed by atoms with E-state index < -0.39 is 0 Å². The fourth-order valence-electron chi connectivity index (χ4n) is 4.42. The Balaban J connectivity index is 2.10. The molecule has 0 spiro atoms. The number of benzene rings is 2. The molecule has 29 heavy (non-hydrogen) atoms. The van der Waals surface area contributed by atoms with Crippen molar-refractivity contribution in [1.82, 2.24) is 0 Å². The van der Waals surface area contributed by atoms with Crippen LogP contribution in [0.1, 0.15) is 88.5 Å². The number of hydrogen-bond donors (Lipinski definition) is 0. The molecule has 1 heterocycles. The molecule has 0 unspecified atom stereocenters. The van der Waals surface area contributed by atoms with Crippen LogP contribution in [0.4, 0.5) is 11.4 Å². The first kappa shape index (κ1) is 22.3. The number of aryl methyl sites for hydroxylation is 1. The second-order valence-electron chi connectivity index (χ2n) is 9.00. The zero-order valence-corrected chi connectivity index (χ0v) is 20.5. The van der Waals surface area contributed by atoms with E-state index in [-0.39, 0.29) is 0 Å². The van der Waals surface area contributed by atoms with Crippen LogP contribution in [0.25, 0.3) is 0 Å². The third-order valence-electron chi connectivity index (χ3n) is 5.99. The molecule has 2 aromatic rings. The average Bonchev–Trinajstić information content (AvgIpc) is 3.07. The molecule has 0 atom stereocenters. The van der Waals surface area contributed by atoms with E-state index >= 15 is 0 Å². The van der Waals surface area contributed by atoms with Crippen LogP contribution in [0.3, 0.4) is 0 Å². The Morgan fingerprint density at radius 2 is 1.14 bits per heavy atom. The van der Waals surface area contributed by atoms with E-state index in [0.717, 1.165) is 19.5 Å². The molecule has 2 nitrogen and oxygen atoms in total. The fourth-order valence-corrected chi connectivity index (χ4v) is 5.08. The summed E-state index contributed by atoms with van der Waals surface area (Å²) in [6.07, 6.45) is 1.05. The predicted molar refractivity (Wildman–Crippen MR) is 124 cm³/mol. The monoisotopic (exact) mass is 483 g/mol. The van der Waals surface area contributed by atoms with E-state index in [1.807, 2.05) is 0 Å². The molecule has 1 saturated heterocycles. The quantitative estimate of drug-likeness (QED) is 0.428. The van der Waals surface area contributed by atoms with Gasteiger partial charge in [-0.1, -0.05) is 0 Å². The van der Waals surface area contributed by atoms with Crippen molar-refractivity contribution >= 4 is 15.3 Å². The second-order valence-corrected chi connectivity index (χ2v) is 9.66. The second kappa shape index (κ2) is 9.20. The molecular formula is C26H36AgN2. The van der Waals surface area contributed by atoms with Crippen molar-refractivity contribution in [1.29, 1.82) is 0 Å². The van der Waals surface area contributed by atoms with Crippen molar-refractivity contribution in [3.05, 3.63) is 58.7 Å². The summed E-state index contributed by atoms with van der Waals surface area (Å²) in [6.45, 7) is 18.0. The van der Waals surface area contributed by atoms with Gasteiger partial charge in [0, 0.05) is 0 Å². The molecule has 0 radical (unpaired) electrons. The van der Waals surface area contributed by atoms with Crippen LogP contribution in [0.15, 0.2) is 36.4 Å². The standard InChI is InChI=1S/C26H36N2.Ag/c1-8-21-11-9-12-22(18(2)3)25(21)27-15-16-28(17-27)26-23(19(4)5)13-10-14-24(26)20(6)7;/h9-14,18-20H,8,15-16H2,1-7H3;. The first-order valence-corrected chi connectivity index (χ1v) is 11.8. The van der Waals surface area contributed by atoms with E-state index in [4.69, 9.17) is 0 Å². The summed E-state index contributed by atoms with van der Waals surface area (Å²) in [5.41, 5.74) is 8.52. The van der Waals surface area contributed by atoms with E-state index in [9.17, 15) is 0 Å². The van der Waals surface area contributed by atoms with E-state index in [2.05, 4.69) is 115 Å². The van der Waals surface area contributed by atoms with Crippen LogP contribution in [0.5, 0.6) is 0 Å². The van der Waals surface area contributed by atoms with Crippen molar-refractivity contribution in [2.75, 3.05) is 22.9 Å². The average molecular weight is 484 g/mol. The van der Waals surface area contributed by atoms with Gasteiger partial charge < -0.3 is 0 Å². The molecule has 0 saturated carbocycles. The molecule has 1 aliphatic rings. The Morgan fingerprint density at radius 1 is 0.724 bits per heavy atom. The first-order chi connectivity index (χ1) is 13.8. The van der Waals surface area contributed by atoms with Gasteiger partial charge in [-0.3, -0.25) is 0 Å². The SMILES string of the molecule is CCc1cccc(C(C)C)c1N1CCN(c2c(C(C)C)cccc2C(C)C)[C]1=[Ag]. The van der Waals surface area contributed by atoms with Gasteiger partial charge in [0.05, 0.1) is 0 Å². The van der Waals surface area contributed by atoms with Crippen LogP contribution < -0.4 is 9.80 Å². The zero-order chi connectivity index (χ0) is 21.3. The molecule has 1 fully saturated rings. The Morgan fingerprint density at radius 3 is 1.59 bits per heavy atom. The van der Waals surface area contributed by atoms with Crippen LogP contribution in [-0.2, 0) is 27.0 Å². The van der Waals surface area contributed by atoms with Gasteiger partial charge in [-0.05, 0) is 0 Å². The number of rotatable bonds is 6. The molecule has 0 amide bonds. The molecule has 3 heteroatoms. The van der Waals surface area contributed by atoms with Gasteiger partial charge in [0.1, 0.15) is 0 Å². The Bertz CT molecular complexity index is 856. The van der Waals surface area contributed by atoms with Gasteiger partial charge >= 0.3 is 190 Å². The minimum atomic E-state index is 0.493. The van der Waals surface area contributed by atoms with Gasteiger partial charge in [-0.15, -0.1) is 0 Å². The molecular weight excluding hydrogens is 448 g/mol. The maximum atomic E-state index is 4.05. The summed E-state index contributed by atoms with van der Waals surface area (Å²) < 4.78 is 1.17. The summed E-state index contributed by atoms with van der Waals surface area (Å²) in [5, 5.41) is 0. The number of para-hydroxylation sites is 2. The van der Waals surface area contributed by atoms with Crippen LogP contribution in [0, 0.1) is 0 Å². The van der Waals surface area contributed by atoms with Crippen LogP contribution >= 0.6 is 0 Å². The van der Waals surface area contributed by atoms with Crippen molar-refractivity contribution in [2.24, 2.45) is 0 Å². The number of anilines is 2. The van der Waals surface area contributed by atoms with Crippen LogP contribution in [0.2, 0.25) is 0 Å². The summed E-state index contributed by atoms with van der Waals surface area (Å²) in [4.78, 5) is 4.99.